The van der Waals surface area contributed by atoms with Crippen molar-refractivity contribution in [1.82, 2.24) is 4.90 Å². The van der Waals surface area contributed by atoms with E-state index < -0.39 is 0 Å². The second kappa shape index (κ2) is 4.99. The summed E-state index contributed by atoms with van der Waals surface area (Å²) in [7, 11) is 0. The van der Waals surface area contributed by atoms with Gasteiger partial charge in [0.15, 0.2) is 0 Å². The van der Waals surface area contributed by atoms with Gasteiger partial charge in [0, 0.05) is 18.0 Å². The van der Waals surface area contributed by atoms with Crippen LogP contribution in [0.4, 0.5) is 0 Å². The maximum atomic E-state index is 12.7. The van der Waals surface area contributed by atoms with Crippen LogP contribution in [0.25, 0.3) is 0 Å². The predicted octanol–water partition coefficient (Wildman–Crippen LogP) is 3.46. The molecular weight excluding hydrogens is 210 g/mol. The smallest absolute Gasteiger partial charge is 0.226 e. The Morgan fingerprint density at radius 1 is 1.00 bits per heavy atom. The minimum Gasteiger partial charge on any atom is -0.336 e. The van der Waals surface area contributed by atoms with Gasteiger partial charge in [0.05, 0.1) is 0 Å². The summed E-state index contributed by atoms with van der Waals surface area (Å²) in [5.74, 6) is 1.84. The zero-order valence-electron chi connectivity index (χ0n) is 11.8. The van der Waals surface area contributed by atoms with E-state index in [9.17, 15) is 4.79 Å². The number of fused-ring (bicyclic) bond motifs is 1. The van der Waals surface area contributed by atoms with Gasteiger partial charge in [-0.1, -0.05) is 34.1 Å². The molecule has 3 atom stereocenters. The molecule has 98 valence electrons. The van der Waals surface area contributed by atoms with Gasteiger partial charge in [0.2, 0.25) is 5.91 Å². The summed E-state index contributed by atoms with van der Waals surface area (Å²) in [4.78, 5) is 15.0. The maximum Gasteiger partial charge on any atom is 0.226 e. The van der Waals surface area contributed by atoms with E-state index in [0.717, 1.165) is 6.42 Å². The second-order valence-corrected chi connectivity index (χ2v) is 6.57. The van der Waals surface area contributed by atoms with Crippen molar-refractivity contribution in [3.05, 3.63) is 0 Å². The molecule has 2 saturated heterocycles. The second-order valence-electron chi connectivity index (χ2n) is 6.57. The van der Waals surface area contributed by atoms with E-state index in [1.165, 1.54) is 25.7 Å². The molecule has 0 saturated carbocycles. The molecule has 17 heavy (non-hydrogen) atoms. The van der Waals surface area contributed by atoms with E-state index in [0.29, 0.717) is 29.8 Å². The maximum absolute atomic E-state index is 12.7. The molecule has 0 unspecified atom stereocenters. The van der Waals surface area contributed by atoms with Gasteiger partial charge in [0.25, 0.3) is 0 Å². The van der Waals surface area contributed by atoms with Gasteiger partial charge < -0.3 is 4.90 Å². The minimum atomic E-state index is 0.277. The quantitative estimate of drug-likeness (QED) is 0.720. The molecular formula is C15H27NO. The third-order valence-electron chi connectivity index (χ3n) is 4.74. The van der Waals surface area contributed by atoms with Crippen molar-refractivity contribution in [3.8, 4) is 0 Å². The topological polar surface area (TPSA) is 20.3 Å². The zero-order chi connectivity index (χ0) is 12.6. The molecule has 0 N–H and O–H groups in total. The molecule has 0 aliphatic carbocycles. The molecule has 2 aliphatic rings. The highest BCUT2D eigenvalue weighted by Crippen LogP contribution is 2.37. The van der Waals surface area contributed by atoms with Crippen LogP contribution in [0.1, 0.15) is 59.8 Å². The van der Waals surface area contributed by atoms with Gasteiger partial charge in [-0.25, -0.2) is 0 Å². The molecule has 2 rings (SSSR count). The van der Waals surface area contributed by atoms with Crippen molar-refractivity contribution >= 4 is 5.91 Å². The van der Waals surface area contributed by atoms with E-state index >= 15 is 0 Å². The molecule has 0 aromatic rings. The van der Waals surface area contributed by atoms with Gasteiger partial charge in [-0.2, -0.15) is 0 Å². The molecule has 2 aliphatic heterocycles. The molecule has 0 aromatic carbocycles. The molecule has 0 spiro atoms. The summed E-state index contributed by atoms with van der Waals surface area (Å²) in [5, 5.41) is 0. The summed E-state index contributed by atoms with van der Waals surface area (Å²) >= 11 is 0. The van der Waals surface area contributed by atoms with Gasteiger partial charge >= 0.3 is 0 Å². The van der Waals surface area contributed by atoms with Gasteiger partial charge in [-0.05, 0) is 37.5 Å². The summed E-state index contributed by atoms with van der Waals surface area (Å²) in [5.41, 5.74) is 0. The Labute approximate surface area is 106 Å². The first-order valence-electron chi connectivity index (χ1n) is 7.34. The number of hydrogen-bond donors (Lipinski definition) is 0. The summed E-state index contributed by atoms with van der Waals surface area (Å²) in [6.07, 6.45) is 6.03. The van der Waals surface area contributed by atoms with Crippen LogP contribution in [0.2, 0.25) is 0 Å². The van der Waals surface area contributed by atoms with E-state index in [2.05, 4.69) is 32.6 Å². The summed E-state index contributed by atoms with van der Waals surface area (Å²) in [6.45, 7) is 8.91. The highest BCUT2D eigenvalue weighted by atomic mass is 16.2. The van der Waals surface area contributed by atoms with E-state index in [1.807, 2.05) is 0 Å². The van der Waals surface area contributed by atoms with E-state index in [4.69, 9.17) is 0 Å². The largest absolute Gasteiger partial charge is 0.336 e. The Morgan fingerprint density at radius 3 is 2.29 bits per heavy atom. The molecule has 0 radical (unpaired) electrons. The van der Waals surface area contributed by atoms with Gasteiger partial charge in [0.1, 0.15) is 0 Å². The van der Waals surface area contributed by atoms with Crippen LogP contribution in [0, 0.1) is 17.8 Å². The van der Waals surface area contributed by atoms with Gasteiger partial charge in [-0.3, -0.25) is 4.79 Å². The van der Waals surface area contributed by atoms with Gasteiger partial charge in [-0.15, -0.1) is 0 Å². The summed E-state index contributed by atoms with van der Waals surface area (Å²) in [6, 6.07) is 1.06. The predicted molar refractivity (Wildman–Crippen MR) is 70.7 cm³/mol. The third kappa shape index (κ3) is 2.36. The van der Waals surface area contributed by atoms with Crippen molar-refractivity contribution in [1.29, 1.82) is 0 Å². The molecule has 0 aromatic heterocycles. The number of carbonyl (C=O) groups excluding carboxylic acids is 1. The Morgan fingerprint density at radius 2 is 1.71 bits per heavy atom. The van der Waals surface area contributed by atoms with Crippen LogP contribution in [0.3, 0.4) is 0 Å². The summed E-state index contributed by atoms with van der Waals surface area (Å²) < 4.78 is 0. The van der Waals surface area contributed by atoms with Crippen LogP contribution >= 0.6 is 0 Å². The van der Waals surface area contributed by atoms with Crippen LogP contribution in [0.15, 0.2) is 0 Å². The number of rotatable bonds is 2. The minimum absolute atomic E-state index is 0.277. The lowest BCUT2D eigenvalue weighted by molar-refractivity contribution is -0.140. The highest BCUT2D eigenvalue weighted by Gasteiger charge is 2.42. The Kier molecular flexibility index (Phi) is 3.79. The van der Waals surface area contributed by atoms with E-state index in [1.54, 1.807) is 0 Å². The number of nitrogens with zero attached hydrogens (tertiary/aromatic N) is 1. The van der Waals surface area contributed by atoms with Crippen LogP contribution in [-0.2, 0) is 4.79 Å². The first kappa shape index (κ1) is 12.9. The average Bonchev–Trinajstić information content (AvgIpc) is 2.60. The first-order valence-corrected chi connectivity index (χ1v) is 7.34. The Balaban J connectivity index is 2.21. The molecule has 2 heteroatoms. The third-order valence-corrected chi connectivity index (χ3v) is 4.74. The van der Waals surface area contributed by atoms with Crippen LogP contribution < -0.4 is 0 Å². The van der Waals surface area contributed by atoms with Crippen molar-refractivity contribution < 1.29 is 4.79 Å². The Bertz CT molecular complexity index is 285. The molecule has 1 amide bonds. The SMILES string of the molecule is CC(C)[C@H]1CCC[C@H]2CC[C@@H](C(C)C)N2C1=O. The zero-order valence-corrected chi connectivity index (χ0v) is 11.8. The number of hydrogen-bond acceptors (Lipinski definition) is 1. The Hall–Kier alpha value is -0.530. The van der Waals surface area contributed by atoms with Crippen molar-refractivity contribution in [3.63, 3.8) is 0 Å². The van der Waals surface area contributed by atoms with Crippen LogP contribution in [0.5, 0.6) is 0 Å². The van der Waals surface area contributed by atoms with Crippen molar-refractivity contribution in [2.75, 3.05) is 0 Å². The lowest BCUT2D eigenvalue weighted by Gasteiger charge is -2.34. The van der Waals surface area contributed by atoms with Crippen molar-refractivity contribution in [2.24, 2.45) is 17.8 Å². The highest BCUT2D eigenvalue weighted by molar-refractivity contribution is 5.80. The first-order chi connectivity index (χ1) is 8.02. The fourth-order valence-electron chi connectivity index (χ4n) is 3.70. The fourth-order valence-corrected chi connectivity index (χ4v) is 3.70. The fraction of sp³-hybridized carbons (Fsp3) is 0.933. The van der Waals surface area contributed by atoms with Crippen LogP contribution in [-0.4, -0.2) is 22.9 Å². The standard InChI is InChI=1S/C15H27NO/c1-10(2)13-7-5-6-12-8-9-14(11(3)4)16(12)15(13)17/h10-14H,5-9H2,1-4H3/t12-,13+,14-/m0/s1. The lowest BCUT2D eigenvalue weighted by Crippen LogP contribution is -2.45. The van der Waals surface area contributed by atoms with E-state index in [-0.39, 0.29) is 5.92 Å². The molecule has 0 bridgehead atoms. The molecule has 2 heterocycles. The van der Waals surface area contributed by atoms with Crippen molar-refractivity contribution in [2.45, 2.75) is 71.9 Å². The molecule has 2 fully saturated rings. The molecule has 2 nitrogen and oxygen atoms in total. The number of carbonyl (C=O) groups is 1. The number of amides is 1. The average molecular weight is 237 g/mol. The lowest BCUT2D eigenvalue weighted by atomic mass is 9.89. The monoisotopic (exact) mass is 237 g/mol. The normalized spacial score (nSPS) is 34.4.